The van der Waals surface area contributed by atoms with Crippen LogP contribution >= 0.6 is 15.9 Å². The van der Waals surface area contributed by atoms with E-state index >= 15 is 0 Å². The maximum atomic E-state index is 3.85. The summed E-state index contributed by atoms with van der Waals surface area (Å²) < 4.78 is 1.17. The van der Waals surface area contributed by atoms with Crippen LogP contribution in [0.15, 0.2) is 22.7 Å². The van der Waals surface area contributed by atoms with Crippen LogP contribution in [0.3, 0.4) is 0 Å². The number of hydrogen-bond donors (Lipinski definition) is 1. The van der Waals surface area contributed by atoms with Crippen LogP contribution < -0.4 is 5.32 Å². The van der Waals surface area contributed by atoms with E-state index < -0.39 is 0 Å². The van der Waals surface area contributed by atoms with Gasteiger partial charge in [-0.15, -0.1) is 0 Å². The Labute approximate surface area is 125 Å². The Morgan fingerprint density at radius 3 is 2.53 bits per heavy atom. The minimum Gasteiger partial charge on any atom is -0.381 e. The summed E-state index contributed by atoms with van der Waals surface area (Å²) in [5, 5.41) is 3.85. The summed E-state index contributed by atoms with van der Waals surface area (Å²) in [6, 6.07) is 7.22. The van der Waals surface area contributed by atoms with Gasteiger partial charge in [-0.1, -0.05) is 36.7 Å². The molecule has 0 saturated heterocycles. The monoisotopic (exact) mass is 321 g/mol. The van der Waals surface area contributed by atoms with Crippen LogP contribution in [0.5, 0.6) is 0 Å². The first kappa shape index (κ1) is 13.5. The highest BCUT2D eigenvalue weighted by atomic mass is 79.9. The van der Waals surface area contributed by atoms with Crippen LogP contribution in [0.25, 0.3) is 0 Å². The van der Waals surface area contributed by atoms with Crippen molar-refractivity contribution in [1.29, 1.82) is 0 Å². The van der Waals surface area contributed by atoms with Crippen molar-refractivity contribution >= 4 is 21.6 Å². The minimum absolute atomic E-state index is 0.406. The Balaban J connectivity index is 1.90. The fourth-order valence-electron chi connectivity index (χ4n) is 4.65. The van der Waals surface area contributed by atoms with Crippen molar-refractivity contribution < 1.29 is 0 Å². The number of hydrogen-bond acceptors (Lipinski definition) is 1. The first-order valence-electron chi connectivity index (χ1n) is 7.35. The van der Waals surface area contributed by atoms with E-state index in [1.807, 2.05) is 0 Å². The van der Waals surface area contributed by atoms with Gasteiger partial charge in [-0.2, -0.15) is 0 Å². The molecule has 3 rings (SSSR count). The van der Waals surface area contributed by atoms with E-state index in [2.05, 4.69) is 67.1 Å². The molecule has 2 bridgehead atoms. The molecule has 1 aromatic carbocycles. The second-order valence-corrected chi connectivity index (χ2v) is 8.43. The van der Waals surface area contributed by atoms with Gasteiger partial charge in [-0.25, -0.2) is 0 Å². The summed E-state index contributed by atoms with van der Waals surface area (Å²) in [6.45, 7) is 9.53. The first-order chi connectivity index (χ1) is 8.81. The Bertz CT molecular complexity index is 483. The van der Waals surface area contributed by atoms with Crippen LogP contribution in [0.4, 0.5) is 5.69 Å². The van der Waals surface area contributed by atoms with Crippen molar-refractivity contribution in [3.05, 3.63) is 28.2 Å². The quantitative estimate of drug-likeness (QED) is 0.770. The molecule has 2 fully saturated rings. The number of fused-ring (bicyclic) bond motifs is 2. The summed E-state index contributed by atoms with van der Waals surface area (Å²) in [7, 11) is 0. The molecule has 0 amide bonds. The zero-order chi connectivity index (χ0) is 13.8. The minimum atomic E-state index is 0.406. The third-order valence-corrected chi connectivity index (χ3v) is 6.08. The summed E-state index contributed by atoms with van der Waals surface area (Å²) in [5.74, 6) is 0.892. The zero-order valence-corrected chi connectivity index (χ0v) is 14.0. The molecule has 0 aromatic heterocycles. The van der Waals surface area contributed by atoms with E-state index in [-0.39, 0.29) is 0 Å². The van der Waals surface area contributed by atoms with Gasteiger partial charge in [-0.05, 0) is 66.7 Å². The number of halogens is 1. The summed E-state index contributed by atoms with van der Waals surface area (Å²) >= 11 is 3.61. The van der Waals surface area contributed by atoms with Gasteiger partial charge in [0.25, 0.3) is 0 Å². The number of rotatable bonds is 2. The topological polar surface area (TPSA) is 12.0 Å². The fraction of sp³-hybridized carbons (Fsp3) is 0.647. The van der Waals surface area contributed by atoms with E-state index in [1.165, 1.54) is 35.0 Å². The number of aryl methyl sites for hydroxylation is 1. The van der Waals surface area contributed by atoms with Gasteiger partial charge in [0.2, 0.25) is 0 Å². The molecule has 0 radical (unpaired) electrons. The highest BCUT2D eigenvalue weighted by molar-refractivity contribution is 9.10. The van der Waals surface area contributed by atoms with E-state index in [0.717, 1.165) is 5.92 Å². The second kappa shape index (κ2) is 4.25. The molecule has 1 N–H and O–H groups in total. The number of anilines is 1. The second-order valence-electron chi connectivity index (χ2n) is 7.51. The van der Waals surface area contributed by atoms with Crippen LogP contribution in [-0.2, 0) is 0 Å². The van der Waals surface area contributed by atoms with E-state index in [9.17, 15) is 0 Å². The van der Waals surface area contributed by atoms with Gasteiger partial charge in [0.05, 0.1) is 0 Å². The summed E-state index contributed by atoms with van der Waals surface area (Å²) in [6.07, 6.45) is 4.19. The Morgan fingerprint density at radius 1 is 1.21 bits per heavy atom. The van der Waals surface area contributed by atoms with Crippen molar-refractivity contribution in [2.75, 3.05) is 5.32 Å². The van der Waals surface area contributed by atoms with Crippen LogP contribution in [0, 0.1) is 23.7 Å². The Morgan fingerprint density at radius 2 is 1.95 bits per heavy atom. The highest BCUT2D eigenvalue weighted by Crippen LogP contribution is 2.63. The maximum absolute atomic E-state index is 3.85. The molecule has 1 unspecified atom stereocenters. The van der Waals surface area contributed by atoms with Gasteiger partial charge in [0, 0.05) is 16.2 Å². The van der Waals surface area contributed by atoms with Crippen molar-refractivity contribution in [2.45, 2.75) is 53.0 Å². The zero-order valence-electron chi connectivity index (χ0n) is 12.4. The predicted octanol–water partition coefficient (Wildman–Crippen LogP) is 5.38. The van der Waals surface area contributed by atoms with Crippen molar-refractivity contribution in [2.24, 2.45) is 16.7 Å². The molecule has 1 nitrogen and oxygen atoms in total. The van der Waals surface area contributed by atoms with E-state index in [0.29, 0.717) is 16.9 Å². The lowest BCUT2D eigenvalue weighted by Crippen LogP contribution is -2.45. The van der Waals surface area contributed by atoms with E-state index in [4.69, 9.17) is 0 Å². The molecular weight excluding hydrogens is 298 g/mol. The number of benzene rings is 1. The third-order valence-electron chi connectivity index (χ3n) is 5.62. The van der Waals surface area contributed by atoms with Crippen molar-refractivity contribution in [3.8, 4) is 0 Å². The predicted molar refractivity (Wildman–Crippen MR) is 85.5 cm³/mol. The van der Waals surface area contributed by atoms with Crippen molar-refractivity contribution in [1.82, 2.24) is 0 Å². The normalized spacial score (nSPS) is 35.6. The SMILES string of the molecule is Cc1cc(Br)cc(NC2C(C)(C)[C@H]3CC[C@]2(C)C3)c1. The standard InChI is InChI=1S/C17H24BrN/c1-11-7-13(18)9-14(8-11)19-15-16(2,3)12-5-6-17(15,4)10-12/h7-9,12,15,19H,5-6,10H2,1-4H3/t12-,15?,17+/m0/s1. The molecule has 1 aromatic rings. The van der Waals surface area contributed by atoms with Gasteiger partial charge in [0.15, 0.2) is 0 Å². The van der Waals surface area contributed by atoms with Gasteiger partial charge in [0.1, 0.15) is 0 Å². The average molecular weight is 322 g/mol. The number of nitrogens with one attached hydrogen (secondary N) is 1. The van der Waals surface area contributed by atoms with Gasteiger partial charge >= 0.3 is 0 Å². The molecule has 3 atom stereocenters. The summed E-state index contributed by atoms with van der Waals surface area (Å²) in [4.78, 5) is 0. The fourth-order valence-corrected chi connectivity index (χ4v) is 5.26. The smallest absolute Gasteiger partial charge is 0.0368 e. The lowest BCUT2D eigenvalue weighted by molar-refractivity contribution is 0.155. The largest absolute Gasteiger partial charge is 0.381 e. The molecule has 104 valence electrons. The van der Waals surface area contributed by atoms with Crippen LogP contribution in [-0.4, -0.2) is 6.04 Å². The van der Waals surface area contributed by atoms with Crippen molar-refractivity contribution in [3.63, 3.8) is 0 Å². The molecule has 19 heavy (non-hydrogen) atoms. The molecule has 0 heterocycles. The van der Waals surface area contributed by atoms with Gasteiger partial charge in [-0.3, -0.25) is 0 Å². The molecule has 0 spiro atoms. The molecule has 2 aliphatic rings. The lowest BCUT2D eigenvalue weighted by atomic mass is 9.68. The highest BCUT2D eigenvalue weighted by Gasteiger charge is 2.59. The molecule has 2 saturated carbocycles. The Hall–Kier alpha value is -0.500. The third kappa shape index (κ3) is 2.12. The van der Waals surface area contributed by atoms with E-state index in [1.54, 1.807) is 0 Å². The maximum Gasteiger partial charge on any atom is 0.0368 e. The summed E-state index contributed by atoms with van der Waals surface area (Å²) in [5.41, 5.74) is 3.45. The Kier molecular flexibility index (Phi) is 3.01. The van der Waals surface area contributed by atoms with Crippen LogP contribution in [0.2, 0.25) is 0 Å². The lowest BCUT2D eigenvalue weighted by Gasteiger charge is -2.43. The molecule has 0 aliphatic heterocycles. The molecule has 2 aliphatic carbocycles. The molecular formula is C17H24BrN. The first-order valence-corrected chi connectivity index (χ1v) is 8.14. The van der Waals surface area contributed by atoms with Crippen LogP contribution in [0.1, 0.15) is 45.6 Å². The molecule has 2 heteroatoms. The average Bonchev–Trinajstić information content (AvgIpc) is 2.74. The van der Waals surface area contributed by atoms with Gasteiger partial charge < -0.3 is 5.32 Å².